The second-order valence-corrected chi connectivity index (χ2v) is 6.33. The van der Waals surface area contributed by atoms with E-state index in [0.717, 1.165) is 55.1 Å². The van der Waals surface area contributed by atoms with Crippen molar-refractivity contribution >= 4 is 6.03 Å². The van der Waals surface area contributed by atoms with Crippen LogP contribution in [-0.2, 0) is 0 Å². The molecule has 2 unspecified atom stereocenters. The quantitative estimate of drug-likeness (QED) is 0.899. The van der Waals surface area contributed by atoms with E-state index in [4.69, 9.17) is 4.52 Å². The average molecular weight is 331 g/mol. The van der Waals surface area contributed by atoms with Crippen LogP contribution in [0.25, 0.3) is 0 Å². The number of amides is 2. The summed E-state index contributed by atoms with van der Waals surface area (Å²) >= 11 is 0. The number of aryl methyl sites for hydroxylation is 2. The van der Waals surface area contributed by atoms with Crippen LogP contribution in [0.15, 0.2) is 16.9 Å². The lowest BCUT2D eigenvalue weighted by Gasteiger charge is -2.35. The van der Waals surface area contributed by atoms with Gasteiger partial charge in [-0.1, -0.05) is 12.1 Å². The Morgan fingerprint density at radius 3 is 2.96 bits per heavy atom. The lowest BCUT2D eigenvalue weighted by atomic mass is 10.0. The van der Waals surface area contributed by atoms with Crippen LogP contribution in [0.4, 0.5) is 4.79 Å². The van der Waals surface area contributed by atoms with Crippen LogP contribution in [0.1, 0.15) is 67.5 Å². The summed E-state index contributed by atoms with van der Waals surface area (Å²) in [6.07, 6.45) is 7.39. The summed E-state index contributed by atoms with van der Waals surface area (Å²) in [5, 5.41) is 7.16. The molecule has 2 aromatic rings. The van der Waals surface area contributed by atoms with E-state index in [1.807, 2.05) is 18.7 Å². The number of aromatic amines is 1. The molecule has 1 aliphatic heterocycles. The van der Waals surface area contributed by atoms with Gasteiger partial charge in [-0.3, -0.25) is 0 Å². The minimum atomic E-state index is -0.0945. The fourth-order valence-electron chi connectivity index (χ4n) is 3.52. The van der Waals surface area contributed by atoms with Gasteiger partial charge in [0.05, 0.1) is 17.8 Å². The van der Waals surface area contributed by atoms with Crippen LogP contribution >= 0.6 is 0 Å². The number of urea groups is 1. The van der Waals surface area contributed by atoms with E-state index >= 15 is 0 Å². The van der Waals surface area contributed by atoms with Gasteiger partial charge in [0, 0.05) is 24.5 Å². The number of likely N-dealkylation sites (tertiary alicyclic amines) is 1. The number of rotatable bonds is 4. The predicted molar refractivity (Wildman–Crippen MR) is 89.4 cm³/mol. The van der Waals surface area contributed by atoms with Gasteiger partial charge in [-0.25, -0.2) is 9.78 Å². The summed E-state index contributed by atoms with van der Waals surface area (Å²) in [7, 11) is 0. The molecular weight excluding hydrogens is 306 g/mol. The van der Waals surface area contributed by atoms with Gasteiger partial charge in [-0.05, 0) is 39.5 Å². The Kier molecular flexibility index (Phi) is 4.87. The van der Waals surface area contributed by atoms with Gasteiger partial charge in [-0.2, -0.15) is 0 Å². The highest BCUT2D eigenvalue weighted by atomic mass is 16.5. The molecule has 3 rings (SSSR count). The third-order valence-electron chi connectivity index (χ3n) is 4.74. The standard InChI is InChI=1S/C17H25N5O2/c1-4-13(15-11(2)21-24-12(15)3)20-17(23)22-10-6-5-7-14(22)16-18-8-9-19-16/h8-9,13-14H,4-7,10H2,1-3H3,(H,18,19)(H,20,23). The van der Waals surface area contributed by atoms with E-state index in [1.165, 1.54) is 0 Å². The van der Waals surface area contributed by atoms with Crippen LogP contribution in [0, 0.1) is 13.8 Å². The summed E-state index contributed by atoms with van der Waals surface area (Å²) in [4.78, 5) is 22.3. The molecule has 3 heterocycles. The van der Waals surface area contributed by atoms with Gasteiger partial charge < -0.3 is 19.7 Å². The van der Waals surface area contributed by atoms with Crippen molar-refractivity contribution < 1.29 is 9.32 Å². The summed E-state index contributed by atoms with van der Waals surface area (Å²) in [5.74, 6) is 1.62. The van der Waals surface area contributed by atoms with Gasteiger partial charge >= 0.3 is 6.03 Å². The molecule has 0 aliphatic carbocycles. The normalized spacial score (nSPS) is 19.3. The Hall–Kier alpha value is -2.31. The zero-order valence-corrected chi connectivity index (χ0v) is 14.5. The smallest absolute Gasteiger partial charge is 0.318 e. The highest BCUT2D eigenvalue weighted by molar-refractivity contribution is 5.75. The number of piperidine rings is 1. The number of carbonyl (C=O) groups is 1. The molecular formula is C17H25N5O2. The number of nitrogens with one attached hydrogen (secondary N) is 2. The van der Waals surface area contributed by atoms with Crippen LogP contribution in [0.2, 0.25) is 0 Å². The monoisotopic (exact) mass is 331 g/mol. The van der Waals surface area contributed by atoms with Crippen molar-refractivity contribution in [3.63, 3.8) is 0 Å². The van der Waals surface area contributed by atoms with Crippen molar-refractivity contribution in [2.45, 2.75) is 58.5 Å². The van der Waals surface area contributed by atoms with Crippen molar-refractivity contribution in [1.82, 2.24) is 25.3 Å². The number of imidazole rings is 1. The first-order valence-corrected chi connectivity index (χ1v) is 8.61. The summed E-state index contributed by atoms with van der Waals surface area (Å²) in [6.45, 7) is 6.59. The molecule has 7 heteroatoms. The minimum Gasteiger partial charge on any atom is -0.361 e. The first kappa shape index (κ1) is 16.5. The van der Waals surface area contributed by atoms with Crippen LogP contribution < -0.4 is 5.32 Å². The van der Waals surface area contributed by atoms with E-state index in [0.29, 0.717) is 0 Å². The van der Waals surface area contributed by atoms with Crippen LogP contribution in [0.5, 0.6) is 0 Å². The van der Waals surface area contributed by atoms with Gasteiger partial charge in [-0.15, -0.1) is 0 Å². The third kappa shape index (κ3) is 3.16. The molecule has 2 N–H and O–H groups in total. The van der Waals surface area contributed by atoms with E-state index in [1.54, 1.807) is 12.4 Å². The molecule has 0 aromatic carbocycles. The Bertz CT molecular complexity index is 660. The number of hydrogen-bond donors (Lipinski definition) is 2. The molecule has 7 nitrogen and oxygen atoms in total. The summed E-state index contributed by atoms with van der Waals surface area (Å²) < 4.78 is 5.26. The molecule has 2 aromatic heterocycles. The van der Waals surface area contributed by atoms with Gasteiger partial charge in [0.15, 0.2) is 0 Å². The lowest BCUT2D eigenvalue weighted by molar-refractivity contribution is 0.144. The fourth-order valence-corrected chi connectivity index (χ4v) is 3.52. The van der Waals surface area contributed by atoms with Crippen molar-refractivity contribution in [1.29, 1.82) is 0 Å². The fraction of sp³-hybridized carbons (Fsp3) is 0.588. The predicted octanol–water partition coefficient (Wildman–Crippen LogP) is 3.40. The number of carbonyl (C=O) groups excluding carboxylic acids is 1. The Labute approximate surface area is 141 Å². The van der Waals surface area contributed by atoms with Crippen molar-refractivity contribution in [2.75, 3.05) is 6.54 Å². The lowest BCUT2D eigenvalue weighted by Crippen LogP contribution is -2.46. The van der Waals surface area contributed by atoms with Crippen LogP contribution in [0.3, 0.4) is 0 Å². The molecule has 24 heavy (non-hydrogen) atoms. The third-order valence-corrected chi connectivity index (χ3v) is 4.74. The molecule has 1 aliphatic rings. The highest BCUT2D eigenvalue weighted by Crippen LogP contribution is 2.30. The van der Waals surface area contributed by atoms with E-state index in [2.05, 4.69) is 27.4 Å². The average Bonchev–Trinajstić information content (AvgIpc) is 3.23. The molecule has 2 atom stereocenters. The highest BCUT2D eigenvalue weighted by Gasteiger charge is 2.31. The molecule has 0 saturated carbocycles. The van der Waals surface area contributed by atoms with Crippen molar-refractivity contribution in [2.24, 2.45) is 0 Å². The first-order chi connectivity index (χ1) is 11.6. The zero-order valence-electron chi connectivity index (χ0n) is 14.5. The SMILES string of the molecule is CCC(NC(=O)N1CCCCC1c1ncc[nH]1)c1c(C)noc1C. The Morgan fingerprint density at radius 2 is 2.33 bits per heavy atom. The molecule has 130 valence electrons. The first-order valence-electron chi connectivity index (χ1n) is 8.61. The molecule has 1 saturated heterocycles. The minimum absolute atomic E-state index is 0.0101. The topological polar surface area (TPSA) is 87.0 Å². The largest absolute Gasteiger partial charge is 0.361 e. The maximum atomic E-state index is 12.9. The Morgan fingerprint density at radius 1 is 1.50 bits per heavy atom. The maximum Gasteiger partial charge on any atom is 0.318 e. The van der Waals surface area contributed by atoms with Gasteiger partial charge in [0.1, 0.15) is 11.6 Å². The Balaban J connectivity index is 1.77. The van der Waals surface area contributed by atoms with E-state index < -0.39 is 0 Å². The second kappa shape index (κ2) is 7.07. The number of H-pyrrole nitrogens is 1. The van der Waals surface area contributed by atoms with E-state index in [-0.39, 0.29) is 18.1 Å². The molecule has 2 amide bonds. The zero-order chi connectivity index (χ0) is 17.1. The molecule has 0 radical (unpaired) electrons. The number of hydrogen-bond acceptors (Lipinski definition) is 4. The molecule has 1 fully saturated rings. The second-order valence-electron chi connectivity index (χ2n) is 6.33. The maximum absolute atomic E-state index is 12.9. The van der Waals surface area contributed by atoms with Crippen LogP contribution in [-0.4, -0.2) is 32.6 Å². The van der Waals surface area contributed by atoms with Crippen molar-refractivity contribution in [3.05, 3.63) is 35.2 Å². The van der Waals surface area contributed by atoms with Crippen molar-refractivity contribution in [3.8, 4) is 0 Å². The summed E-state index contributed by atoms with van der Waals surface area (Å²) in [5.41, 5.74) is 1.82. The number of aromatic nitrogens is 3. The van der Waals surface area contributed by atoms with Gasteiger partial charge in [0.25, 0.3) is 0 Å². The molecule has 0 bridgehead atoms. The molecule has 0 spiro atoms. The number of nitrogens with zero attached hydrogens (tertiary/aromatic N) is 3. The van der Waals surface area contributed by atoms with E-state index in [9.17, 15) is 4.79 Å². The summed E-state index contributed by atoms with van der Waals surface area (Å²) in [6, 6.07) is -0.137. The van der Waals surface area contributed by atoms with Gasteiger partial charge in [0.2, 0.25) is 0 Å².